The maximum absolute atomic E-state index is 11.3. The first-order chi connectivity index (χ1) is 5.66. The van der Waals surface area contributed by atoms with Gasteiger partial charge in [0.2, 0.25) is 0 Å². The second kappa shape index (κ2) is 3.52. The van der Waals surface area contributed by atoms with E-state index in [0.29, 0.717) is 0 Å². The minimum Gasteiger partial charge on any atom is -0.307 e. The Morgan fingerprint density at radius 2 is 2.17 bits per heavy atom. The number of hydrogen-bond donors (Lipinski definition) is 0. The lowest BCUT2D eigenvalue weighted by Crippen LogP contribution is -2.24. The molecule has 0 unspecified atom stereocenters. The summed E-state index contributed by atoms with van der Waals surface area (Å²) in [5.74, 6) is 0. The van der Waals surface area contributed by atoms with E-state index in [2.05, 4.69) is 4.98 Å². The fraction of sp³-hybridized carbons (Fsp3) is 0.556. The van der Waals surface area contributed by atoms with Gasteiger partial charge in [0, 0.05) is 17.9 Å². The summed E-state index contributed by atoms with van der Waals surface area (Å²) in [5.41, 5.74) is 0.988. The lowest BCUT2D eigenvalue weighted by Gasteiger charge is -2.13. The highest BCUT2D eigenvalue weighted by Crippen LogP contribution is 2.04. The number of aromatic nitrogens is 2. The first-order valence-corrected chi connectivity index (χ1v) is 4.22. The third-order valence-corrected chi connectivity index (χ3v) is 1.83. The van der Waals surface area contributed by atoms with Gasteiger partial charge in [-0.1, -0.05) is 6.92 Å². The maximum atomic E-state index is 11.3. The van der Waals surface area contributed by atoms with Crippen molar-refractivity contribution < 1.29 is 0 Å². The smallest absolute Gasteiger partial charge is 0.269 e. The predicted molar refractivity (Wildman–Crippen MR) is 48.3 cm³/mol. The second-order valence-electron chi connectivity index (χ2n) is 3.05. The van der Waals surface area contributed by atoms with Gasteiger partial charge >= 0.3 is 0 Å². The predicted octanol–water partition coefficient (Wildman–Crippen LogP) is 1.39. The molecule has 3 heteroatoms. The van der Waals surface area contributed by atoms with Crippen molar-refractivity contribution in [3.8, 4) is 0 Å². The molecule has 0 aliphatic heterocycles. The van der Waals surface area contributed by atoms with Crippen molar-refractivity contribution in [3.63, 3.8) is 0 Å². The molecule has 3 nitrogen and oxygen atoms in total. The average molecular weight is 166 g/mol. The summed E-state index contributed by atoms with van der Waals surface area (Å²) in [4.78, 5) is 15.2. The monoisotopic (exact) mass is 166 g/mol. The summed E-state index contributed by atoms with van der Waals surface area (Å²) in [6.07, 6.45) is 3.96. The molecule has 1 aromatic heterocycles. The van der Waals surface area contributed by atoms with Gasteiger partial charge in [-0.05, 0) is 20.3 Å². The molecule has 0 fully saturated rings. The van der Waals surface area contributed by atoms with Crippen LogP contribution < -0.4 is 5.56 Å². The molecule has 1 rings (SSSR count). The molecule has 1 aromatic rings. The van der Waals surface area contributed by atoms with Crippen LogP contribution in [0.2, 0.25) is 0 Å². The van der Waals surface area contributed by atoms with E-state index in [0.717, 1.165) is 12.1 Å². The van der Waals surface area contributed by atoms with Gasteiger partial charge in [-0.25, -0.2) is 0 Å². The van der Waals surface area contributed by atoms with E-state index in [4.69, 9.17) is 0 Å². The van der Waals surface area contributed by atoms with Gasteiger partial charge in [-0.15, -0.1) is 0 Å². The van der Waals surface area contributed by atoms with Crippen LogP contribution in [0, 0.1) is 0 Å². The van der Waals surface area contributed by atoms with Crippen molar-refractivity contribution in [2.24, 2.45) is 0 Å². The standard InChI is InChI=1S/C9H14N2O/c1-4-8-5-10-6-9(12)11(8)7(2)3/h5-7H,4H2,1-3H3. The summed E-state index contributed by atoms with van der Waals surface area (Å²) in [7, 11) is 0. The van der Waals surface area contributed by atoms with Gasteiger partial charge in [0.25, 0.3) is 5.56 Å². The normalized spacial score (nSPS) is 10.7. The van der Waals surface area contributed by atoms with Crippen LogP contribution in [-0.4, -0.2) is 9.55 Å². The SMILES string of the molecule is CCc1cncc(=O)n1C(C)C. The van der Waals surface area contributed by atoms with Crippen LogP contribution in [0.4, 0.5) is 0 Å². The Labute approximate surface area is 72.1 Å². The van der Waals surface area contributed by atoms with Crippen LogP contribution in [0.15, 0.2) is 17.2 Å². The molecule has 0 atom stereocenters. The van der Waals surface area contributed by atoms with E-state index in [-0.39, 0.29) is 11.6 Å². The highest BCUT2D eigenvalue weighted by molar-refractivity contribution is 4.99. The summed E-state index contributed by atoms with van der Waals surface area (Å²) in [6.45, 7) is 6.02. The van der Waals surface area contributed by atoms with E-state index in [9.17, 15) is 4.79 Å². The number of aryl methyl sites for hydroxylation is 1. The molecule has 0 spiro atoms. The lowest BCUT2D eigenvalue weighted by atomic mass is 10.3. The molecular formula is C9H14N2O. The molecule has 0 aliphatic carbocycles. The van der Waals surface area contributed by atoms with Crippen molar-refractivity contribution in [1.29, 1.82) is 0 Å². The van der Waals surface area contributed by atoms with E-state index >= 15 is 0 Å². The van der Waals surface area contributed by atoms with Gasteiger partial charge in [-0.2, -0.15) is 0 Å². The van der Waals surface area contributed by atoms with Gasteiger partial charge in [0.1, 0.15) is 0 Å². The zero-order valence-corrected chi connectivity index (χ0v) is 7.74. The number of rotatable bonds is 2. The molecule has 0 radical (unpaired) electrons. The maximum Gasteiger partial charge on any atom is 0.269 e. The van der Waals surface area contributed by atoms with Crippen molar-refractivity contribution >= 4 is 0 Å². The molecule has 0 aliphatic rings. The topological polar surface area (TPSA) is 34.9 Å². The minimum atomic E-state index is -0.00986. The highest BCUT2D eigenvalue weighted by atomic mass is 16.1. The van der Waals surface area contributed by atoms with Gasteiger partial charge in [-0.3, -0.25) is 9.78 Å². The Bertz CT molecular complexity index is 315. The average Bonchev–Trinajstić information content (AvgIpc) is 2.03. The lowest BCUT2D eigenvalue weighted by molar-refractivity contribution is 0.548. The third-order valence-electron chi connectivity index (χ3n) is 1.83. The Morgan fingerprint density at radius 3 is 2.58 bits per heavy atom. The number of nitrogens with zero attached hydrogens (tertiary/aromatic N) is 2. The first-order valence-electron chi connectivity index (χ1n) is 4.22. The summed E-state index contributed by atoms with van der Waals surface area (Å²) in [5, 5.41) is 0. The zero-order chi connectivity index (χ0) is 9.14. The molecule has 0 N–H and O–H groups in total. The van der Waals surface area contributed by atoms with Crippen LogP contribution in [0.5, 0.6) is 0 Å². The van der Waals surface area contributed by atoms with E-state index < -0.39 is 0 Å². The quantitative estimate of drug-likeness (QED) is 0.665. The van der Waals surface area contributed by atoms with Gasteiger partial charge < -0.3 is 4.57 Å². The Balaban J connectivity index is 3.30. The van der Waals surface area contributed by atoms with Crippen molar-refractivity contribution in [1.82, 2.24) is 9.55 Å². The summed E-state index contributed by atoms with van der Waals surface area (Å²) >= 11 is 0. The van der Waals surface area contributed by atoms with E-state index in [1.165, 1.54) is 6.20 Å². The Morgan fingerprint density at radius 1 is 1.50 bits per heavy atom. The molecular weight excluding hydrogens is 152 g/mol. The van der Waals surface area contributed by atoms with Crippen molar-refractivity contribution in [2.75, 3.05) is 0 Å². The molecule has 0 saturated carbocycles. The summed E-state index contributed by atoms with van der Waals surface area (Å²) < 4.78 is 1.77. The van der Waals surface area contributed by atoms with Crippen LogP contribution in [-0.2, 0) is 6.42 Å². The molecule has 12 heavy (non-hydrogen) atoms. The van der Waals surface area contributed by atoms with E-state index in [1.807, 2.05) is 20.8 Å². The molecule has 0 saturated heterocycles. The number of hydrogen-bond acceptors (Lipinski definition) is 2. The fourth-order valence-electron chi connectivity index (χ4n) is 1.30. The highest BCUT2D eigenvalue weighted by Gasteiger charge is 2.04. The van der Waals surface area contributed by atoms with Crippen LogP contribution in [0.25, 0.3) is 0 Å². The largest absolute Gasteiger partial charge is 0.307 e. The molecule has 1 heterocycles. The molecule has 0 amide bonds. The molecule has 0 bridgehead atoms. The van der Waals surface area contributed by atoms with Crippen LogP contribution in [0.1, 0.15) is 32.5 Å². The Kier molecular flexibility index (Phi) is 2.63. The third kappa shape index (κ3) is 1.55. The van der Waals surface area contributed by atoms with Crippen molar-refractivity contribution in [3.05, 3.63) is 28.4 Å². The molecule has 0 aromatic carbocycles. The van der Waals surface area contributed by atoms with E-state index in [1.54, 1.807) is 10.8 Å². The van der Waals surface area contributed by atoms with Crippen LogP contribution >= 0.6 is 0 Å². The second-order valence-corrected chi connectivity index (χ2v) is 3.05. The Hall–Kier alpha value is -1.12. The molecule has 66 valence electrons. The first kappa shape index (κ1) is 8.97. The van der Waals surface area contributed by atoms with Gasteiger partial charge in [0.15, 0.2) is 0 Å². The van der Waals surface area contributed by atoms with Gasteiger partial charge in [0.05, 0.1) is 6.20 Å². The summed E-state index contributed by atoms with van der Waals surface area (Å²) in [6, 6.07) is 0.218. The fourth-order valence-corrected chi connectivity index (χ4v) is 1.30. The zero-order valence-electron chi connectivity index (χ0n) is 7.74. The minimum absolute atomic E-state index is 0.00986. The van der Waals surface area contributed by atoms with Crippen LogP contribution in [0.3, 0.4) is 0 Å². The van der Waals surface area contributed by atoms with Crippen molar-refractivity contribution in [2.45, 2.75) is 33.2 Å².